The molecule has 19 heavy (non-hydrogen) atoms. The molecule has 0 radical (unpaired) electrons. The van der Waals surface area contributed by atoms with Crippen molar-refractivity contribution in [1.29, 1.82) is 0 Å². The molecule has 1 aromatic carbocycles. The summed E-state index contributed by atoms with van der Waals surface area (Å²) in [5, 5.41) is 0. The number of fused-ring (bicyclic) bond motifs is 1. The third kappa shape index (κ3) is 1.85. The monoisotopic (exact) mass is 258 g/mol. The number of hydrogen-bond donors (Lipinski definition) is 2. The molecule has 0 spiro atoms. The molecule has 3 aromatic rings. The van der Waals surface area contributed by atoms with Crippen LogP contribution in [0.25, 0.3) is 17.0 Å². The molecule has 6 nitrogen and oxygen atoms in total. The summed E-state index contributed by atoms with van der Waals surface area (Å²) in [5.41, 5.74) is 12.5. The van der Waals surface area contributed by atoms with Crippen molar-refractivity contribution in [1.82, 2.24) is 19.5 Å². The highest BCUT2D eigenvalue weighted by molar-refractivity contribution is 5.77. The van der Waals surface area contributed by atoms with Crippen LogP contribution in [-0.4, -0.2) is 19.5 Å². The molecule has 2 aromatic heterocycles. The van der Waals surface area contributed by atoms with Crippen molar-refractivity contribution in [2.75, 3.05) is 11.5 Å². The van der Waals surface area contributed by atoms with E-state index < -0.39 is 0 Å². The third-order valence-electron chi connectivity index (χ3n) is 2.74. The van der Waals surface area contributed by atoms with Crippen LogP contribution in [0.3, 0.4) is 0 Å². The molecule has 0 unspecified atom stereocenters. The summed E-state index contributed by atoms with van der Waals surface area (Å²) in [4.78, 5) is 12.5. The fourth-order valence-electron chi connectivity index (χ4n) is 1.99. The van der Waals surface area contributed by atoms with Crippen molar-refractivity contribution in [3.05, 3.63) is 35.9 Å². The van der Waals surface area contributed by atoms with Gasteiger partial charge >= 0.3 is 0 Å². The minimum Gasteiger partial charge on any atom is -0.383 e. The van der Waals surface area contributed by atoms with Crippen molar-refractivity contribution in [2.24, 2.45) is 0 Å². The summed E-state index contributed by atoms with van der Waals surface area (Å²) in [6.07, 6.45) is 0. The van der Waals surface area contributed by atoms with Crippen molar-refractivity contribution >= 4 is 22.7 Å². The van der Waals surface area contributed by atoms with Crippen LogP contribution in [0.2, 0.25) is 0 Å². The van der Waals surface area contributed by atoms with Gasteiger partial charge in [0.25, 0.3) is 0 Å². The molecule has 3 rings (SSSR count). The van der Waals surface area contributed by atoms with E-state index in [2.05, 4.69) is 15.0 Å². The van der Waals surface area contributed by atoms with Gasteiger partial charge in [-0.05, 0) is 19.1 Å². The van der Waals surface area contributed by atoms with Crippen LogP contribution in [0.15, 0.2) is 24.3 Å². The maximum absolute atomic E-state index is 13.4. The second-order valence-electron chi connectivity index (χ2n) is 4.15. The van der Waals surface area contributed by atoms with Gasteiger partial charge in [0.1, 0.15) is 23.3 Å². The molecule has 0 saturated heterocycles. The Hall–Kier alpha value is -2.70. The van der Waals surface area contributed by atoms with Crippen LogP contribution >= 0.6 is 0 Å². The smallest absolute Gasteiger partial charge is 0.239 e. The standard InChI is InChI=1S/C12H11FN6/c1-6-16-8-3-2-7(13)4-9(8)19(6)12-17-10(14)5-11(15)18-12/h2-5H,1H3,(H4,14,15,17,18). The summed E-state index contributed by atoms with van der Waals surface area (Å²) >= 11 is 0. The molecule has 4 N–H and O–H groups in total. The first-order valence-corrected chi connectivity index (χ1v) is 5.59. The second kappa shape index (κ2) is 3.91. The molecule has 0 aliphatic heterocycles. The number of imidazole rings is 1. The summed E-state index contributed by atoms with van der Waals surface area (Å²) in [6.45, 7) is 1.78. The van der Waals surface area contributed by atoms with E-state index in [9.17, 15) is 4.39 Å². The maximum atomic E-state index is 13.4. The molecule has 96 valence electrons. The topological polar surface area (TPSA) is 95.6 Å². The van der Waals surface area contributed by atoms with Crippen molar-refractivity contribution in [3.63, 3.8) is 0 Å². The average molecular weight is 258 g/mol. The Balaban J connectivity index is 2.35. The number of anilines is 2. The predicted octanol–water partition coefficient (Wildman–Crippen LogP) is 1.43. The number of nitrogen functional groups attached to an aromatic ring is 2. The van der Waals surface area contributed by atoms with Gasteiger partial charge in [-0.25, -0.2) is 9.37 Å². The van der Waals surface area contributed by atoms with Crippen LogP contribution in [0, 0.1) is 12.7 Å². The van der Waals surface area contributed by atoms with Gasteiger partial charge in [0.2, 0.25) is 5.95 Å². The quantitative estimate of drug-likeness (QED) is 0.688. The molecule has 0 aliphatic rings. The Morgan fingerprint density at radius 2 is 1.74 bits per heavy atom. The molecule has 0 aliphatic carbocycles. The number of rotatable bonds is 1. The van der Waals surface area contributed by atoms with E-state index in [-0.39, 0.29) is 23.4 Å². The number of benzene rings is 1. The highest BCUT2D eigenvalue weighted by Crippen LogP contribution is 2.21. The van der Waals surface area contributed by atoms with Crippen LogP contribution < -0.4 is 11.5 Å². The zero-order valence-corrected chi connectivity index (χ0v) is 10.1. The van der Waals surface area contributed by atoms with E-state index in [4.69, 9.17) is 11.5 Å². The summed E-state index contributed by atoms with van der Waals surface area (Å²) in [6, 6.07) is 5.79. The molecule has 0 bridgehead atoms. The van der Waals surface area contributed by atoms with Crippen LogP contribution in [0.5, 0.6) is 0 Å². The molecule has 0 saturated carbocycles. The molecule has 7 heteroatoms. The Bertz CT molecular complexity index is 759. The molecule has 0 atom stereocenters. The second-order valence-corrected chi connectivity index (χ2v) is 4.15. The van der Waals surface area contributed by atoms with Gasteiger partial charge in [-0.15, -0.1) is 0 Å². The van der Waals surface area contributed by atoms with Crippen molar-refractivity contribution in [2.45, 2.75) is 6.92 Å². The summed E-state index contributed by atoms with van der Waals surface area (Å²) in [5.74, 6) is 1.06. The van der Waals surface area contributed by atoms with Gasteiger partial charge in [0.15, 0.2) is 0 Å². The minimum absolute atomic E-state index is 0.250. The highest BCUT2D eigenvalue weighted by atomic mass is 19.1. The van der Waals surface area contributed by atoms with Gasteiger partial charge in [0, 0.05) is 12.1 Å². The normalized spacial score (nSPS) is 11.1. The van der Waals surface area contributed by atoms with E-state index in [1.807, 2.05) is 0 Å². The highest BCUT2D eigenvalue weighted by Gasteiger charge is 2.13. The molecule has 0 fully saturated rings. The SMILES string of the molecule is Cc1nc2ccc(F)cc2n1-c1nc(N)cc(N)n1. The van der Waals surface area contributed by atoms with Crippen molar-refractivity contribution in [3.8, 4) is 5.95 Å². The first-order valence-electron chi connectivity index (χ1n) is 5.59. The van der Waals surface area contributed by atoms with E-state index in [0.717, 1.165) is 0 Å². The fourth-order valence-corrected chi connectivity index (χ4v) is 1.99. The maximum Gasteiger partial charge on any atom is 0.239 e. The lowest BCUT2D eigenvalue weighted by Gasteiger charge is -2.06. The lowest BCUT2D eigenvalue weighted by Crippen LogP contribution is -2.07. The zero-order valence-electron chi connectivity index (χ0n) is 10.1. The Kier molecular flexibility index (Phi) is 2.34. The van der Waals surface area contributed by atoms with Crippen LogP contribution in [0.4, 0.5) is 16.0 Å². The van der Waals surface area contributed by atoms with Crippen LogP contribution in [0.1, 0.15) is 5.82 Å². The van der Waals surface area contributed by atoms with Gasteiger partial charge in [-0.3, -0.25) is 4.57 Å². The van der Waals surface area contributed by atoms with Gasteiger partial charge in [-0.2, -0.15) is 9.97 Å². The van der Waals surface area contributed by atoms with Crippen LogP contribution in [-0.2, 0) is 0 Å². The van der Waals surface area contributed by atoms with E-state index >= 15 is 0 Å². The third-order valence-corrected chi connectivity index (χ3v) is 2.74. The summed E-state index contributed by atoms with van der Waals surface area (Å²) < 4.78 is 15.0. The Morgan fingerprint density at radius 1 is 1.05 bits per heavy atom. The first-order chi connectivity index (χ1) is 9.04. The van der Waals surface area contributed by atoms with Gasteiger partial charge < -0.3 is 11.5 Å². The molecule has 0 amide bonds. The van der Waals surface area contributed by atoms with E-state index in [1.165, 1.54) is 18.2 Å². The average Bonchev–Trinajstić information content (AvgIpc) is 2.63. The first kappa shape index (κ1) is 11.4. The number of nitrogens with two attached hydrogens (primary N) is 2. The Labute approximate surface area is 107 Å². The van der Waals surface area contributed by atoms with E-state index in [1.54, 1.807) is 17.6 Å². The molecule has 2 heterocycles. The largest absolute Gasteiger partial charge is 0.383 e. The zero-order chi connectivity index (χ0) is 13.6. The molecular formula is C12H11FN6. The summed E-state index contributed by atoms with van der Waals surface area (Å²) in [7, 11) is 0. The predicted molar refractivity (Wildman–Crippen MR) is 70.2 cm³/mol. The number of aromatic nitrogens is 4. The lowest BCUT2D eigenvalue weighted by molar-refractivity contribution is 0.629. The van der Waals surface area contributed by atoms with Gasteiger partial charge in [-0.1, -0.05) is 0 Å². The Morgan fingerprint density at radius 3 is 2.42 bits per heavy atom. The molecular weight excluding hydrogens is 247 g/mol. The minimum atomic E-state index is -0.356. The number of hydrogen-bond acceptors (Lipinski definition) is 5. The number of nitrogens with zero attached hydrogens (tertiary/aromatic N) is 4. The van der Waals surface area contributed by atoms with Gasteiger partial charge in [0.05, 0.1) is 11.0 Å². The van der Waals surface area contributed by atoms with E-state index in [0.29, 0.717) is 16.9 Å². The fraction of sp³-hybridized carbons (Fsp3) is 0.0833. The lowest BCUT2D eigenvalue weighted by atomic mass is 10.3. The number of halogens is 1. The van der Waals surface area contributed by atoms with Crippen molar-refractivity contribution < 1.29 is 4.39 Å². The number of aryl methyl sites for hydroxylation is 1.